The first kappa shape index (κ1) is 33.3. The molecule has 3 N–H and O–H groups in total. The zero-order chi connectivity index (χ0) is 32.1. The van der Waals surface area contributed by atoms with E-state index in [2.05, 4.69) is 10.6 Å². The van der Waals surface area contributed by atoms with Crippen molar-refractivity contribution in [1.29, 1.82) is 5.26 Å². The summed E-state index contributed by atoms with van der Waals surface area (Å²) in [5.41, 5.74) is 0.365. The highest BCUT2D eigenvalue weighted by molar-refractivity contribution is 6.01. The Morgan fingerprint density at radius 3 is 2.27 bits per heavy atom. The third-order valence-corrected chi connectivity index (χ3v) is 6.82. The molecule has 0 heterocycles. The zero-order valence-electron chi connectivity index (χ0n) is 24.7. The number of hydrogen-bond donors (Lipinski definition) is 3. The van der Waals surface area contributed by atoms with E-state index in [0.29, 0.717) is 11.3 Å². The number of ether oxygens (including phenoxy) is 1. The highest BCUT2D eigenvalue weighted by Gasteiger charge is 2.31. The molecule has 0 aromatic heterocycles. The van der Waals surface area contributed by atoms with Gasteiger partial charge in [0.1, 0.15) is 24.4 Å². The van der Waals surface area contributed by atoms with Crippen molar-refractivity contribution in [3.05, 3.63) is 78.4 Å². The molecule has 11 nitrogen and oxygen atoms in total. The average molecular weight is 601 g/mol. The summed E-state index contributed by atoms with van der Waals surface area (Å²) in [6, 6.07) is 20.8. The fourth-order valence-corrected chi connectivity index (χ4v) is 4.49. The second-order valence-electron chi connectivity index (χ2n) is 10.6. The van der Waals surface area contributed by atoms with Crippen LogP contribution in [0.2, 0.25) is 0 Å². The zero-order valence-corrected chi connectivity index (χ0v) is 24.7. The molecule has 0 aliphatic heterocycles. The lowest BCUT2D eigenvalue weighted by molar-refractivity contribution is -0.142. The smallest absolute Gasteiger partial charge is 0.305 e. The number of unbranched alkanes of at least 4 members (excludes halogenated alkanes) is 1. The minimum atomic E-state index is -1.40. The Labute approximate surface area is 255 Å². The van der Waals surface area contributed by atoms with E-state index in [1.807, 2.05) is 36.4 Å². The highest BCUT2D eigenvalue weighted by atomic mass is 16.5. The maximum absolute atomic E-state index is 13.7. The van der Waals surface area contributed by atoms with Gasteiger partial charge in [0, 0.05) is 18.5 Å². The molecule has 0 aliphatic carbocycles. The Hall–Kier alpha value is -5.24. The van der Waals surface area contributed by atoms with Gasteiger partial charge in [-0.3, -0.25) is 24.0 Å². The molecule has 0 bridgehead atoms. The summed E-state index contributed by atoms with van der Waals surface area (Å²) in [6.45, 7) is 2.56. The number of aliphatic carboxylic acids is 1. The Morgan fingerprint density at radius 2 is 1.61 bits per heavy atom. The Morgan fingerprint density at radius 1 is 0.932 bits per heavy atom. The first-order valence-corrected chi connectivity index (χ1v) is 14.3. The van der Waals surface area contributed by atoms with Crippen LogP contribution in [0.3, 0.4) is 0 Å². The number of Topliss-reactive ketones (excluding diaryl/α,β-unsaturated/α-hetero) is 1. The van der Waals surface area contributed by atoms with Gasteiger partial charge in [-0.15, -0.1) is 0 Å². The van der Waals surface area contributed by atoms with Gasteiger partial charge < -0.3 is 25.4 Å². The lowest BCUT2D eigenvalue weighted by atomic mass is 10.0. The lowest BCUT2D eigenvalue weighted by Gasteiger charge is -2.30. The van der Waals surface area contributed by atoms with Crippen LogP contribution in [0.15, 0.2) is 72.8 Å². The fraction of sp³-hybridized carbons (Fsp3) is 0.333. The normalized spacial score (nSPS) is 12.0. The van der Waals surface area contributed by atoms with E-state index >= 15 is 0 Å². The van der Waals surface area contributed by atoms with Crippen molar-refractivity contribution in [3.63, 3.8) is 0 Å². The van der Waals surface area contributed by atoms with Crippen molar-refractivity contribution < 1.29 is 33.8 Å². The summed E-state index contributed by atoms with van der Waals surface area (Å²) in [5, 5.41) is 25.4. The minimum absolute atomic E-state index is 0.0313. The number of ketones is 1. The second-order valence-corrected chi connectivity index (χ2v) is 10.6. The predicted octanol–water partition coefficient (Wildman–Crippen LogP) is 3.33. The van der Waals surface area contributed by atoms with Gasteiger partial charge in [0.05, 0.1) is 19.0 Å². The van der Waals surface area contributed by atoms with Crippen LogP contribution >= 0.6 is 0 Å². The second kappa shape index (κ2) is 16.4. The molecule has 44 heavy (non-hydrogen) atoms. The van der Waals surface area contributed by atoms with E-state index in [0.717, 1.165) is 10.8 Å². The van der Waals surface area contributed by atoms with Crippen LogP contribution in [0.5, 0.6) is 5.75 Å². The summed E-state index contributed by atoms with van der Waals surface area (Å²) < 4.78 is 5.42. The number of nitrogens with zero attached hydrogens (tertiary/aromatic N) is 2. The number of nitriles is 1. The van der Waals surface area contributed by atoms with Gasteiger partial charge in [-0.25, -0.2) is 0 Å². The number of amides is 3. The van der Waals surface area contributed by atoms with E-state index in [-0.39, 0.29) is 25.3 Å². The van der Waals surface area contributed by atoms with E-state index in [4.69, 9.17) is 10.00 Å². The summed E-state index contributed by atoms with van der Waals surface area (Å²) in [5.74, 6) is -3.69. The molecule has 0 unspecified atom stereocenters. The summed E-state index contributed by atoms with van der Waals surface area (Å²) in [7, 11) is 0. The number of hydrogen-bond acceptors (Lipinski definition) is 7. The van der Waals surface area contributed by atoms with Crippen molar-refractivity contribution in [2.75, 3.05) is 19.7 Å². The van der Waals surface area contributed by atoms with Crippen LogP contribution in [0.4, 0.5) is 0 Å². The van der Waals surface area contributed by atoms with Crippen LogP contribution in [-0.2, 0) is 19.2 Å². The molecule has 3 amide bonds. The Bertz CT molecular complexity index is 1520. The van der Waals surface area contributed by atoms with Gasteiger partial charge in [0.15, 0.2) is 5.78 Å². The number of carboxylic acid groups (broad SMARTS) is 1. The molecule has 0 saturated heterocycles. The maximum Gasteiger partial charge on any atom is 0.305 e. The number of benzene rings is 3. The van der Waals surface area contributed by atoms with Crippen molar-refractivity contribution >= 4 is 40.2 Å². The van der Waals surface area contributed by atoms with Gasteiger partial charge >= 0.3 is 5.97 Å². The lowest BCUT2D eigenvalue weighted by Crippen LogP contribution is -2.54. The fourth-order valence-electron chi connectivity index (χ4n) is 4.49. The quantitative estimate of drug-likeness (QED) is 0.211. The third kappa shape index (κ3) is 9.94. The van der Waals surface area contributed by atoms with Gasteiger partial charge in [-0.1, -0.05) is 62.4 Å². The van der Waals surface area contributed by atoms with Gasteiger partial charge in [-0.2, -0.15) is 5.26 Å². The van der Waals surface area contributed by atoms with E-state index in [1.165, 1.54) is 4.90 Å². The molecule has 3 rings (SSSR count). The van der Waals surface area contributed by atoms with Crippen LogP contribution in [-0.4, -0.2) is 71.3 Å². The Kier molecular flexibility index (Phi) is 12.4. The highest BCUT2D eigenvalue weighted by Crippen LogP contribution is 2.17. The topological polar surface area (TPSA) is 166 Å². The first-order valence-electron chi connectivity index (χ1n) is 14.3. The maximum atomic E-state index is 13.7. The van der Waals surface area contributed by atoms with Crippen LogP contribution < -0.4 is 15.4 Å². The summed E-state index contributed by atoms with van der Waals surface area (Å²) in [4.78, 5) is 65.4. The van der Waals surface area contributed by atoms with Crippen molar-refractivity contribution in [1.82, 2.24) is 15.5 Å². The number of fused-ring (bicyclic) bond motifs is 1. The SMILES string of the molecule is CC(C)[C@H](NC(=O)c1ccc2ccccc2c1)C(=O)N(CCCC#N)CC(=O)N[C@@H](CC(=O)O)C(=O)COc1ccccc1. The molecule has 0 aliphatic rings. The standard InChI is InChI=1S/C33H36N4O7/c1-22(2)31(36-32(42)25-15-14-23-10-6-7-11-24(23)18-25)33(43)37(17-9-8-16-34)20-29(39)35-27(19-30(40)41)28(38)21-44-26-12-4-3-5-13-26/h3-7,10-15,18,22,27,31H,8-9,17,19-21H2,1-2H3,(H,35,39)(H,36,42)(H,40,41)/t27-,31-/m0/s1. The summed E-state index contributed by atoms with van der Waals surface area (Å²) >= 11 is 0. The predicted molar refractivity (Wildman–Crippen MR) is 163 cm³/mol. The van der Waals surface area contributed by atoms with Crippen LogP contribution in [0.25, 0.3) is 10.8 Å². The summed E-state index contributed by atoms with van der Waals surface area (Å²) in [6.07, 6.45) is -0.291. The van der Waals surface area contributed by atoms with Crippen molar-refractivity contribution in [2.45, 2.75) is 45.2 Å². The first-order chi connectivity index (χ1) is 21.1. The number of carbonyl (C=O) groups is 5. The average Bonchev–Trinajstić information content (AvgIpc) is 3.01. The van der Waals surface area contributed by atoms with Crippen LogP contribution in [0.1, 0.15) is 43.5 Å². The third-order valence-electron chi connectivity index (χ3n) is 6.82. The molecule has 2 atom stereocenters. The molecule has 0 spiro atoms. The minimum Gasteiger partial charge on any atom is -0.486 e. The molecular formula is C33H36N4O7. The van der Waals surface area contributed by atoms with Crippen molar-refractivity contribution in [2.24, 2.45) is 5.92 Å². The van der Waals surface area contributed by atoms with E-state index < -0.39 is 61.1 Å². The largest absolute Gasteiger partial charge is 0.486 e. The molecule has 0 saturated carbocycles. The number of para-hydroxylation sites is 1. The molecular weight excluding hydrogens is 564 g/mol. The number of carbonyl (C=O) groups excluding carboxylic acids is 4. The van der Waals surface area contributed by atoms with Gasteiger partial charge in [-0.05, 0) is 47.4 Å². The molecule has 0 fully saturated rings. The number of carboxylic acids is 1. The molecule has 0 radical (unpaired) electrons. The van der Waals surface area contributed by atoms with Gasteiger partial charge in [0.2, 0.25) is 11.8 Å². The van der Waals surface area contributed by atoms with Gasteiger partial charge in [0.25, 0.3) is 5.91 Å². The van der Waals surface area contributed by atoms with Crippen molar-refractivity contribution in [3.8, 4) is 11.8 Å². The van der Waals surface area contributed by atoms with Crippen LogP contribution in [0, 0.1) is 17.2 Å². The number of nitrogens with one attached hydrogen (secondary N) is 2. The monoisotopic (exact) mass is 600 g/mol. The van der Waals surface area contributed by atoms with E-state index in [1.54, 1.807) is 56.3 Å². The molecule has 3 aromatic rings. The molecule has 11 heteroatoms. The Balaban J connectivity index is 1.73. The molecule has 3 aromatic carbocycles. The number of rotatable bonds is 16. The van der Waals surface area contributed by atoms with E-state index in [9.17, 15) is 29.1 Å². The molecule has 230 valence electrons.